The van der Waals surface area contributed by atoms with Gasteiger partial charge in [0, 0.05) is 13.6 Å². The summed E-state index contributed by atoms with van der Waals surface area (Å²) in [5, 5.41) is 2.45. The van der Waals surface area contributed by atoms with Gasteiger partial charge < -0.3 is 5.32 Å². The maximum Gasteiger partial charge on any atom is 0.330 e. The van der Waals surface area contributed by atoms with Crippen molar-refractivity contribution in [3.05, 3.63) is 0 Å². The lowest BCUT2D eigenvalue weighted by molar-refractivity contribution is 0.228. The lowest BCUT2D eigenvalue weighted by Crippen LogP contribution is -2.40. The molecule has 0 atom stereocenters. The molecule has 0 aromatic carbocycles. The van der Waals surface area contributed by atoms with Crippen LogP contribution < -0.4 is 5.32 Å². The minimum absolute atomic E-state index is 0.485. The molecule has 12 heavy (non-hydrogen) atoms. The highest BCUT2D eigenvalue weighted by atomic mass is 32.2. The molecule has 72 valence electrons. The lowest BCUT2D eigenvalue weighted by Gasteiger charge is -2.14. The van der Waals surface area contributed by atoms with E-state index in [9.17, 15) is 13.2 Å². The molecule has 0 aromatic rings. The number of carbonyl (C=O) groups excluding carboxylic acids is 1. The van der Waals surface area contributed by atoms with Crippen molar-refractivity contribution >= 4 is 16.1 Å². The quantitative estimate of drug-likeness (QED) is 0.687. The first kappa shape index (κ1) is 11.2. The summed E-state index contributed by atoms with van der Waals surface area (Å²) in [7, 11) is -2.19. The van der Waals surface area contributed by atoms with Crippen LogP contribution in [0, 0.1) is 0 Å². The number of urea groups is 1. The summed E-state index contributed by atoms with van der Waals surface area (Å²) in [5.41, 5.74) is 0. The van der Waals surface area contributed by atoms with Crippen LogP contribution in [0.15, 0.2) is 0 Å². The number of hydrogen-bond acceptors (Lipinski definition) is 3. The van der Waals surface area contributed by atoms with E-state index in [1.54, 1.807) is 0 Å². The van der Waals surface area contributed by atoms with Gasteiger partial charge in [-0.3, -0.25) is 0 Å². The highest BCUT2D eigenvalue weighted by Crippen LogP contribution is 1.92. The van der Waals surface area contributed by atoms with E-state index in [2.05, 4.69) is 5.32 Å². The number of sulfonamides is 1. The largest absolute Gasteiger partial charge is 0.337 e. The highest BCUT2D eigenvalue weighted by molar-refractivity contribution is 7.88. The van der Waals surface area contributed by atoms with Gasteiger partial charge >= 0.3 is 6.03 Å². The molecule has 0 rings (SSSR count). The van der Waals surface area contributed by atoms with E-state index >= 15 is 0 Å². The van der Waals surface area contributed by atoms with E-state index < -0.39 is 16.1 Å². The van der Waals surface area contributed by atoms with Crippen molar-refractivity contribution in [3.63, 3.8) is 0 Å². The van der Waals surface area contributed by atoms with Gasteiger partial charge in [-0.25, -0.2) is 17.5 Å². The average Bonchev–Trinajstić information content (AvgIpc) is 1.97. The number of amides is 2. The highest BCUT2D eigenvalue weighted by Gasteiger charge is 2.16. The third kappa shape index (κ3) is 3.56. The standard InChI is InChI=1S/C6H14N2O3S/c1-4-5-7-6(9)8(2)12(3,10)11/h4-5H2,1-3H3,(H,7,9). The first-order chi connectivity index (χ1) is 5.39. The van der Waals surface area contributed by atoms with E-state index in [0.717, 1.165) is 12.7 Å². The van der Waals surface area contributed by atoms with Crippen LogP contribution in [0.1, 0.15) is 13.3 Å². The number of carbonyl (C=O) groups is 1. The molecule has 6 heteroatoms. The predicted octanol–water partition coefficient (Wildman–Crippen LogP) is -0.00260. The normalized spacial score (nSPS) is 10.9. The van der Waals surface area contributed by atoms with Crippen LogP contribution in [-0.4, -0.2) is 38.6 Å². The van der Waals surface area contributed by atoms with E-state index in [1.807, 2.05) is 6.92 Å². The number of nitrogens with one attached hydrogen (secondary N) is 1. The Morgan fingerprint density at radius 2 is 2.00 bits per heavy atom. The summed E-state index contributed by atoms with van der Waals surface area (Å²) < 4.78 is 22.3. The zero-order valence-corrected chi connectivity index (χ0v) is 8.31. The number of rotatable bonds is 3. The second-order valence-electron chi connectivity index (χ2n) is 2.46. The van der Waals surface area contributed by atoms with Gasteiger partial charge in [0.1, 0.15) is 0 Å². The van der Waals surface area contributed by atoms with Crippen LogP contribution in [0.4, 0.5) is 4.79 Å². The molecule has 2 amide bonds. The molecule has 1 N–H and O–H groups in total. The Labute approximate surface area is 72.8 Å². The van der Waals surface area contributed by atoms with E-state index in [0.29, 0.717) is 10.8 Å². The smallest absolute Gasteiger partial charge is 0.330 e. The predicted molar refractivity (Wildman–Crippen MR) is 46.3 cm³/mol. The molecule has 0 fully saturated rings. The molecule has 0 aliphatic heterocycles. The van der Waals surface area contributed by atoms with Crippen LogP contribution in [-0.2, 0) is 10.0 Å². The van der Waals surface area contributed by atoms with E-state index in [4.69, 9.17) is 0 Å². The maximum atomic E-state index is 11.0. The second-order valence-corrected chi connectivity index (χ2v) is 4.48. The molecule has 0 aliphatic carbocycles. The Balaban J connectivity index is 4.12. The maximum absolute atomic E-state index is 11.0. The summed E-state index contributed by atoms with van der Waals surface area (Å²) >= 11 is 0. The fourth-order valence-electron chi connectivity index (χ4n) is 0.494. The molecular formula is C6H14N2O3S. The van der Waals surface area contributed by atoms with Crippen LogP contribution in [0.5, 0.6) is 0 Å². The summed E-state index contributed by atoms with van der Waals surface area (Å²) in [5.74, 6) is 0. The average molecular weight is 194 g/mol. The Bertz CT molecular complexity index is 248. The first-order valence-corrected chi connectivity index (χ1v) is 5.46. The van der Waals surface area contributed by atoms with Gasteiger partial charge in [-0.05, 0) is 6.42 Å². The zero-order chi connectivity index (χ0) is 9.78. The molecule has 0 radical (unpaired) electrons. The Hall–Kier alpha value is -0.780. The minimum atomic E-state index is -3.41. The Kier molecular flexibility index (Phi) is 4.02. The molecule has 0 aliphatic rings. The monoisotopic (exact) mass is 194 g/mol. The van der Waals surface area contributed by atoms with Crippen LogP contribution in [0.3, 0.4) is 0 Å². The molecular weight excluding hydrogens is 180 g/mol. The third-order valence-corrected chi connectivity index (χ3v) is 2.47. The third-order valence-electron chi connectivity index (χ3n) is 1.31. The van der Waals surface area contributed by atoms with E-state index in [1.165, 1.54) is 7.05 Å². The zero-order valence-electron chi connectivity index (χ0n) is 7.49. The van der Waals surface area contributed by atoms with Crippen molar-refractivity contribution in [2.75, 3.05) is 19.8 Å². The lowest BCUT2D eigenvalue weighted by atomic mass is 10.5. The molecule has 0 bridgehead atoms. The summed E-state index contributed by atoms with van der Waals surface area (Å²) in [4.78, 5) is 11.0. The van der Waals surface area contributed by atoms with Gasteiger partial charge in [0.15, 0.2) is 0 Å². The number of nitrogens with zero attached hydrogens (tertiary/aromatic N) is 1. The molecule has 0 aromatic heterocycles. The molecule has 0 saturated carbocycles. The fraction of sp³-hybridized carbons (Fsp3) is 0.833. The number of hydrogen-bond donors (Lipinski definition) is 1. The van der Waals surface area contributed by atoms with Crippen LogP contribution in [0.25, 0.3) is 0 Å². The fourth-order valence-corrected chi connectivity index (χ4v) is 0.860. The van der Waals surface area contributed by atoms with Crippen LogP contribution >= 0.6 is 0 Å². The molecule has 5 nitrogen and oxygen atoms in total. The Morgan fingerprint density at radius 3 is 2.33 bits per heavy atom. The van der Waals surface area contributed by atoms with Crippen LogP contribution in [0.2, 0.25) is 0 Å². The molecule has 0 unspecified atom stereocenters. The SMILES string of the molecule is CCCNC(=O)N(C)S(C)(=O)=O. The van der Waals surface area contributed by atoms with Gasteiger partial charge in [0.05, 0.1) is 6.26 Å². The van der Waals surface area contributed by atoms with E-state index in [-0.39, 0.29) is 0 Å². The van der Waals surface area contributed by atoms with Crippen molar-refractivity contribution in [3.8, 4) is 0 Å². The van der Waals surface area contributed by atoms with Crippen molar-refractivity contribution in [2.45, 2.75) is 13.3 Å². The first-order valence-electron chi connectivity index (χ1n) is 3.61. The van der Waals surface area contributed by atoms with Gasteiger partial charge in [0.2, 0.25) is 10.0 Å². The topological polar surface area (TPSA) is 66.5 Å². The molecule has 0 saturated heterocycles. The summed E-state index contributed by atoms with van der Waals surface area (Å²) in [6, 6.07) is -0.584. The van der Waals surface area contributed by atoms with Crippen molar-refractivity contribution in [2.24, 2.45) is 0 Å². The van der Waals surface area contributed by atoms with Gasteiger partial charge in [0.25, 0.3) is 0 Å². The van der Waals surface area contributed by atoms with Gasteiger partial charge in [-0.1, -0.05) is 6.92 Å². The van der Waals surface area contributed by atoms with Crippen molar-refractivity contribution < 1.29 is 13.2 Å². The summed E-state index contributed by atoms with van der Waals surface area (Å²) in [6.07, 6.45) is 1.77. The van der Waals surface area contributed by atoms with Crippen molar-refractivity contribution in [1.29, 1.82) is 0 Å². The van der Waals surface area contributed by atoms with Gasteiger partial charge in [-0.2, -0.15) is 0 Å². The molecule has 0 heterocycles. The van der Waals surface area contributed by atoms with Crippen molar-refractivity contribution in [1.82, 2.24) is 9.62 Å². The molecule has 0 spiro atoms. The summed E-state index contributed by atoms with van der Waals surface area (Å²) in [6.45, 7) is 2.37. The Morgan fingerprint density at radius 1 is 1.50 bits per heavy atom. The minimum Gasteiger partial charge on any atom is -0.337 e. The second kappa shape index (κ2) is 4.30. The van der Waals surface area contributed by atoms with Gasteiger partial charge in [-0.15, -0.1) is 0 Å².